The molecule has 2 aromatic heterocycles. The SMILES string of the molecule is c1ccc(-c2nc(-c3cccc4c3-c3ccccc3C4(c3ccccc3)c3cccnc3)nc(-c3cccc4ccccc34)n2)cc1. The van der Waals surface area contributed by atoms with Gasteiger partial charge in [0.15, 0.2) is 17.5 Å². The highest BCUT2D eigenvalue weighted by atomic mass is 15.0. The number of aromatic nitrogens is 4. The Hall–Kier alpha value is -6.26. The highest BCUT2D eigenvalue weighted by Crippen LogP contribution is 2.57. The van der Waals surface area contributed by atoms with Crippen LogP contribution < -0.4 is 0 Å². The summed E-state index contributed by atoms with van der Waals surface area (Å²) in [5, 5.41) is 2.25. The molecule has 4 nitrogen and oxygen atoms in total. The molecule has 1 aliphatic carbocycles. The van der Waals surface area contributed by atoms with Crippen LogP contribution in [-0.2, 0) is 5.41 Å². The zero-order valence-electron chi connectivity index (χ0n) is 25.5. The number of rotatable bonds is 5. The standard InChI is InChI=1S/C43H28N4/c1-3-15-30(16-4-1)40-45-41(34-23-11-17-29-14-7-8-21-33(29)34)47-42(46-40)36-24-12-26-38-39(36)35-22-9-10-25-37(35)43(38,31-18-5-2-6-19-31)32-20-13-27-44-28-32/h1-28H. The van der Waals surface area contributed by atoms with Gasteiger partial charge in [0.25, 0.3) is 0 Å². The zero-order chi connectivity index (χ0) is 31.2. The van der Waals surface area contributed by atoms with E-state index < -0.39 is 5.41 Å². The maximum atomic E-state index is 5.26. The lowest BCUT2D eigenvalue weighted by atomic mass is 9.68. The van der Waals surface area contributed by atoms with E-state index in [-0.39, 0.29) is 0 Å². The first-order chi connectivity index (χ1) is 23.3. The Morgan fingerprint density at radius 1 is 0.404 bits per heavy atom. The number of fused-ring (bicyclic) bond motifs is 4. The van der Waals surface area contributed by atoms with E-state index >= 15 is 0 Å². The van der Waals surface area contributed by atoms with E-state index in [9.17, 15) is 0 Å². The van der Waals surface area contributed by atoms with Crippen LogP contribution in [-0.4, -0.2) is 19.9 Å². The van der Waals surface area contributed by atoms with Crippen LogP contribution in [0.15, 0.2) is 170 Å². The molecule has 1 unspecified atom stereocenters. The maximum absolute atomic E-state index is 5.26. The molecular formula is C43H28N4. The van der Waals surface area contributed by atoms with Gasteiger partial charge in [-0.15, -0.1) is 0 Å². The summed E-state index contributed by atoms with van der Waals surface area (Å²) in [4.78, 5) is 20.1. The van der Waals surface area contributed by atoms with Gasteiger partial charge in [0.05, 0.1) is 5.41 Å². The molecule has 4 heteroatoms. The second-order valence-electron chi connectivity index (χ2n) is 11.8. The first kappa shape index (κ1) is 27.1. The molecule has 2 heterocycles. The monoisotopic (exact) mass is 600 g/mol. The van der Waals surface area contributed by atoms with Crippen molar-refractivity contribution in [2.24, 2.45) is 0 Å². The summed E-state index contributed by atoms with van der Waals surface area (Å²) in [6.07, 6.45) is 3.84. The number of benzene rings is 6. The third kappa shape index (κ3) is 4.23. The van der Waals surface area contributed by atoms with E-state index in [0.717, 1.165) is 38.6 Å². The van der Waals surface area contributed by atoms with Gasteiger partial charge >= 0.3 is 0 Å². The predicted molar refractivity (Wildman–Crippen MR) is 189 cm³/mol. The van der Waals surface area contributed by atoms with Crippen LogP contribution >= 0.6 is 0 Å². The predicted octanol–water partition coefficient (Wildman–Crippen LogP) is 9.78. The molecule has 0 fully saturated rings. The molecule has 0 saturated carbocycles. The summed E-state index contributed by atoms with van der Waals surface area (Å²) in [5.41, 5.74) is 9.33. The van der Waals surface area contributed by atoms with Gasteiger partial charge in [0.1, 0.15) is 0 Å². The average Bonchev–Trinajstić information content (AvgIpc) is 3.47. The van der Waals surface area contributed by atoms with Gasteiger partial charge in [0, 0.05) is 29.1 Å². The summed E-state index contributed by atoms with van der Waals surface area (Å²) in [6.45, 7) is 0. The van der Waals surface area contributed by atoms with Crippen LogP contribution in [0.4, 0.5) is 0 Å². The fourth-order valence-electron chi connectivity index (χ4n) is 7.33. The van der Waals surface area contributed by atoms with Gasteiger partial charge in [0.2, 0.25) is 0 Å². The summed E-state index contributed by atoms with van der Waals surface area (Å²) < 4.78 is 0. The lowest BCUT2D eigenvalue weighted by Crippen LogP contribution is -2.28. The van der Waals surface area contributed by atoms with Gasteiger partial charge < -0.3 is 0 Å². The van der Waals surface area contributed by atoms with Crippen LogP contribution in [0, 0.1) is 0 Å². The highest BCUT2D eigenvalue weighted by Gasteiger charge is 2.47. The largest absolute Gasteiger partial charge is 0.264 e. The van der Waals surface area contributed by atoms with Crippen molar-refractivity contribution in [3.63, 3.8) is 0 Å². The van der Waals surface area contributed by atoms with Crippen molar-refractivity contribution in [1.82, 2.24) is 19.9 Å². The second-order valence-corrected chi connectivity index (χ2v) is 11.8. The van der Waals surface area contributed by atoms with Crippen LogP contribution in [0.2, 0.25) is 0 Å². The van der Waals surface area contributed by atoms with Crippen LogP contribution in [0.1, 0.15) is 22.3 Å². The molecule has 9 rings (SSSR count). The third-order valence-corrected chi connectivity index (χ3v) is 9.31. The van der Waals surface area contributed by atoms with Crippen molar-refractivity contribution in [2.75, 3.05) is 0 Å². The minimum Gasteiger partial charge on any atom is -0.264 e. The van der Waals surface area contributed by atoms with Crippen LogP contribution in [0.25, 0.3) is 56.1 Å². The summed E-state index contributed by atoms with van der Waals surface area (Å²) in [5.74, 6) is 1.93. The van der Waals surface area contributed by atoms with Crippen molar-refractivity contribution >= 4 is 10.8 Å². The van der Waals surface area contributed by atoms with E-state index in [0.29, 0.717) is 17.5 Å². The Labute approximate surface area is 273 Å². The van der Waals surface area contributed by atoms with Crippen molar-refractivity contribution < 1.29 is 0 Å². The van der Waals surface area contributed by atoms with Gasteiger partial charge in [-0.1, -0.05) is 152 Å². The quantitative estimate of drug-likeness (QED) is 0.197. The minimum atomic E-state index is -0.564. The number of pyridine rings is 1. The van der Waals surface area contributed by atoms with E-state index in [1.165, 1.54) is 22.3 Å². The second kappa shape index (κ2) is 11.0. The number of hydrogen-bond acceptors (Lipinski definition) is 4. The number of nitrogens with zero attached hydrogens (tertiary/aromatic N) is 4. The first-order valence-corrected chi connectivity index (χ1v) is 15.8. The number of hydrogen-bond donors (Lipinski definition) is 0. The molecular weight excluding hydrogens is 573 g/mol. The van der Waals surface area contributed by atoms with E-state index in [4.69, 9.17) is 15.0 Å². The fourth-order valence-corrected chi connectivity index (χ4v) is 7.33. The molecule has 0 spiro atoms. The van der Waals surface area contributed by atoms with Crippen LogP contribution in [0.5, 0.6) is 0 Å². The van der Waals surface area contributed by atoms with Gasteiger partial charge in [-0.3, -0.25) is 4.98 Å². The Morgan fingerprint density at radius 3 is 1.83 bits per heavy atom. The summed E-state index contributed by atoms with van der Waals surface area (Å²) >= 11 is 0. The molecule has 0 aliphatic heterocycles. The van der Waals surface area contributed by atoms with E-state index in [2.05, 4.69) is 138 Å². The van der Waals surface area contributed by atoms with Gasteiger partial charge in [-0.2, -0.15) is 0 Å². The van der Waals surface area contributed by atoms with Crippen molar-refractivity contribution in [3.8, 4) is 45.3 Å². The van der Waals surface area contributed by atoms with Gasteiger partial charge in [-0.25, -0.2) is 15.0 Å². The van der Waals surface area contributed by atoms with Crippen molar-refractivity contribution in [3.05, 3.63) is 192 Å². The molecule has 6 aromatic carbocycles. The molecule has 1 aliphatic rings. The fraction of sp³-hybridized carbons (Fsp3) is 0.0233. The molecule has 0 amide bonds. The molecule has 0 saturated heterocycles. The average molecular weight is 601 g/mol. The molecule has 0 radical (unpaired) electrons. The summed E-state index contributed by atoms with van der Waals surface area (Å²) in [7, 11) is 0. The zero-order valence-corrected chi connectivity index (χ0v) is 25.5. The van der Waals surface area contributed by atoms with Crippen LogP contribution in [0.3, 0.4) is 0 Å². The first-order valence-electron chi connectivity index (χ1n) is 15.8. The molecule has 0 N–H and O–H groups in total. The highest BCUT2D eigenvalue weighted by molar-refractivity contribution is 5.97. The van der Waals surface area contributed by atoms with Crippen molar-refractivity contribution in [1.29, 1.82) is 0 Å². The Balaban J connectivity index is 1.36. The minimum absolute atomic E-state index is 0.564. The lowest BCUT2D eigenvalue weighted by Gasteiger charge is -2.33. The third-order valence-electron chi connectivity index (χ3n) is 9.31. The Bertz CT molecular complexity index is 2360. The Morgan fingerprint density at radius 2 is 1.00 bits per heavy atom. The molecule has 47 heavy (non-hydrogen) atoms. The summed E-state index contributed by atoms with van der Waals surface area (Å²) in [6, 6.07) is 55.1. The van der Waals surface area contributed by atoms with Crippen molar-refractivity contribution in [2.45, 2.75) is 5.41 Å². The normalized spacial score (nSPS) is 14.9. The maximum Gasteiger partial charge on any atom is 0.164 e. The van der Waals surface area contributed by atoms with Gasteiger partial charge in [-0.05, 0) is 50.2 Å². The van der Waals surface area contributed by atoms with E-state index in [1.54, 1.807) is 0 Å². The molecule has 220 valence electrons. The topological polar surface area (TPSA) is 51.6 Å². The lowest BCUT2D eigenvalue weighted by molar-refractivity contribution is 0.763. The molecule has 0 bridgehead atoms. The smallest absolute Gasteiger partial charge is 0.164 e. The Kier molecular flexibility index (Phi) is 6.32. The molecule has 8 aromatic rings. The van der Waals surface area contributed by atoms with E-state index in [1.807, 2.05) is 36.7 Å². The molecule has 1 atom stereocenters.